The third-order valence-corrected chi connectivity index (χ3v) is 4.22. The van der Waals surface area contributed by atoms with Gasteiger partial charge in [-0.2, -0.15) is 0 Å². The van der Waals surface area contributed by atoms with E-state index >= 15 is 0 Å². The molecule has 0 N–H and O–H groups in total. The van der Waals surface area contributed by atoms with E-state index in [1.54, 1.807) is 25.1 Å². The molecule has 0 aliphatic carbocycles. The lowest BCUT2D eigenvalue weighted by molar-refractivity contribution is 0.0556. The first kappa shape index (κ1) is 20.3. The fourth-order valence-electron chi connectivity index (χ4n) is 2.06. The quantitative estimate of drug-likeness (QED) is 0.449. The molecule has 136 valence electrons. The lowest BCUT2D eigenvalue weighted by Gasteiger charge is -2.15. The lowest BCUT2D eigenvalue weighted by atomic mass is 10.2. The molecule has 26 heavy (non-hydrogen) atoms. The molecule has 0 amide bonds. The zero-order valence-corrected chi connectivity index (χ0v) is 16.1. The molecule has 0 radical (unpaired) electrons. The minimum Gasteiger partial charge on any atom is -0.490 e. The van der Waals surface area contributed by atoms with Crippen molar-refractivity contribution in [1.82, 2.24) is 0 Å². The highest BCUT2D eigenvalue weighted by molar-refractivity contribution is 6.42. The Labute approximate surface area is 166 Å². The van der Waals surface area contributed by atoms with Crippen LogP contribution in [0, 0.1) is 12.3 Å². The van der Waals surface area contributed by atoms with Crippen LogP contribution < -0.4 is 9.47 Å². The van der Waals surface area contributed by atoms with Crippen molar-refractivity contribution < 1.29 is 19.0 Å². The number of esters is 1. The smallest absolute Gasteiger partial charge is 0.339 e. The molecule has 4 nitrogen and oxygen atoms in total. The molecule has 0 aliphatic rings. The molecule has 0 saturated carbocycles. The molecule has 0 unspecified atom stereocenters. The van der Waals surface area contributed by atoms with E-state index in [2.05, 4.69) is 5.92 Å². The van der Waals surface area contributed by atoms with Crippen LogP contribution in [0.2, 0.25) is 15.1 Å². The molecule has 2 aromatic rings. The Bertz CT molecular complexity index is 843. The predicted molar refractivity (Wildman–Crippen MR) is 103 cm³/mol. The van der Waals surface area contributed by atoms with Gasteiger partial charge in [0.25, 0.3) is 0 Å². The normalized spacial score (nSPS) is 10.1. The first-order valence-corrected chi connectivity index (χ1v) is 8.73. The molecule has 0 aliphatic heterocycles. The first-order valence-electron chi connectivity index (χ1n) is 7.60. The highest BCUT2D eigenvalue weighted by atomic mass is 35.5. The van der Waals surface area contributed by atoms with Crippen LogP contribution in [0.4, 0.5) is 0 Å². The van der Waals surface area contributed by atoms with Crippen LogP contribution >= 0.6 is 34.8 Å². The largest absolute Gasteiger partial charge is 0.490 e. The summed E-state index contributed by atoms with van der Waals surface area (Å²) in [6.07, 6.45) is 5.09. The van der Waals surface area contributed by atoms with Crippen molar-refractivity contribution in [3.05, 3.63) is 56.5 Å². The summed E-state index contributed by atoms with van der Waals surface area (Å²) in [6.45, 7) is 2.23. The van der Waals surface area contributed by atoms with Gasteiger partial charge in [-0.1, -0.05) is 46.8 Å². The summed E-state index contributed by atoms with van der Waals surface area (Å²) < 4.78 is 16.2. The molecule has 0 spiro atoms. The average Bonchev–Trinajstić information content (AvgIpc) is 2.61. The second-order valence-corrected chi connectivity index (χ2v) is 6.26. The van der Waals surface area contributed by atoms with E-state index in [9.17, 15) is 4.79 Å². The van der Waals surface area contributed by atoms with Crippen molar-refractivity contribution in [2.24, 2.45) is 0 Å². The van der Waals surface area contributed by atoms with Gasteiger partial charge in [0.2, 0.25) is 0 Å². The molecule has 0 fully saturated rings. The topological polar surface area (TPSA) is 44.8 Å². The Kier molecular flexibility index (Phi) is 7.47. The number of terminal acetylenes is 1. The maximum Gasteiger partial charge on any atom is 0.339 e. The number of ether oxygens (including phenoxy) is 3. The lowest BCUT2D eigenvalue weighted by Crippen LogP contribution is -2.07. The number of hydrogen-bond donors (Lipinski definition) is 0. The van der Waals surface area contributed by atoms with Crippen molar-refractivity contribution in [1.29, 1.82) is 0 Å². The molecular weight excluding hydrogens is 399 g/mol. The summed E-state index contributed by atoms with van der Waals surface area (Å²) in [7, 11) is 0. The minimum absolute atomic E-state index is 0.129. The van der Waals surface area contributed by atoms with Gasteiger partial charge >= 0.3 is 5.97 Å². The highest BCUT2D eigenvalue weighted by Crippen LogP contribution is 2.37. The van der Waals surface area contributed by atoms with Crippen molar-refractivity contribution in [3.8, 4) is 23.8 Å². The van der Waals surface area contributed by atoms with Crippen molar-refractivity contribution in [3.63, 3.8) is 0 Å². The Morgan fingerprint density at radius 2 is 1.85 bits per heavy atom. The SMILES string of the molecule is C#CCOC(=O)c1cc(Cl)c(OCc2ccc(Cl)c(Cl)c2)c(OCC)c1. The summed E-state index contributed by atoms with van der Waals surface area (Å²) >= 11 is 18.2. The molecule has 7 heteroatoms. The van der Waals surface area contributed by atoms with Crippen molar-refractivity contribution in [2.75, 3.05) is 13.2 Å². The third kappa shape index (κ3) is 5.22. The van der Waals surface area contributed by atoms with Crippen LogP contribution in [0.3, 0.4) is 0 Å². The Morgan fingerprint density at radius 3 is 2.50 bits per heavy atom. The number of carbonyl (C=O) groups excluding carboxylic acids is 1. The minimum atomic E-state index is -0.596. The number of rotatable bonds is 7. The van der Waals surface area contributed by atoms with Crippen LogP contribution in [0.1, 0.15) is 22.8 Å². The second kappa shape index (κ2) is 9.59. The fraction of sp³-hybridized carbons (Fsp3) is 0.211. The zero-order valence-electron chi connectivity index (χ0n) is 13.9. The monoisotopic (exact) mass is 412 g/mol. The van der Waals surface area contributed by atoms with Gasteiger partial charge in [0.1, 0.15) is 6.61 Å². The molecule has 2 rings (SSSR count). The number of halogens is 3. The highest BCUT2D eigenvalue weighted by Gasteiger charge is 2.17. The number of carbonyl (C=O) groups is 1. The van der Waals surface area contributed by atoms with Gasteiger partial charge in [-0.05, 0) is 36.8 Å². The molecule has 0 bridgehead atoms. The summed E-state index contributed by atoms with van der Waals surface area (Å²) in [5, 5.41) is 1.09. The fourth-order valence-corrected chi connectivity index (χ4v) is 2.65. The maximum atomic E-state index is 12.0. The van der Waals surface area contributed by atoms with Gasteiger partial charge < -0.3 is 14.2 Å². The summed E-state index contributed by atoms with van der Waals surface area (Å²) in [4.78, 5) is 12.0. The van der Waals surface area contributed by atoms with E-state index in [1.807, 2.05) is 0 Å². The summed E-state index contributed by atoms with van der Waals surface area (Å²) in [5.41, 5.74) is 1.02. The van der Waals surface area contributed by atoms with Gasteiger partial charge in [-0.3, -0.25) is 0 Å². The second-order valence-electron chi connectivity index (χ2n) is 5.04. The average molecular weight is 414 g/mol. The van der Waals surface area contributed by atoms with E-state index in [-0.39, 0.29) is 23.8 Å². The molecule has 0 heterocycles. The molecule has 0 atom stereocenters. The molecule has 0 saturated heterocycles. The van der Waals surface area contributed by atoms with Gasteiger partial charge in [0.15, 0.2) is 18.1 Å². The van der Waals surface area contributed by atoms with Gasteiger partial charge in [0, 0.05) is 0 Å². The summed E-state index contributed by atoms with van der Waals surface area (Å²) in [6, 6.07) is 8.10. The van der Waals surface area contributed by atoms with E-state index in [0.717, 1.165) is 5.56 Å². The first-order chi connectivity index (χ1) is 12.5. The zero-order chi connectivity index (χ0) is 19.1. The molecule has 0 aromatic heterocycles. The van der Waals surface area contributed by atoms with Crippen LogP contribution in [0.25, 0.3) is 0 Å². The van der Waals surface area contributed by atoms with Gasteiger partial charge in [-0.25, -0.2) is 4.79 Å². The van der Waals surface area contributed by atoms with E-state index in [1.165, 1.54) is 12.1 Å². The van der Waals surface area contributed by atoms with E-state index in [4.69, 9.17) is 55.4 Å². The third-order valence-electron chi connectivity index (χ3n) is 3.20. The predicted octanol–water partition coefficient (Wildman–Crippen LogP) is 5.41. The molecule has 2 aromatic carbocycles. The Balaban J connectivity index is 2.24. The number of hydrogen-bond acceptors (Lipinski definition) is 4. The van der Waals surface area contributed by atoms with Gasteiger partial charge in [0.05, 0.1) is 27.2 Å². The molecular formula is C19H15Cl3O4. The van der Waals surface area contributed by atoms with Crippen LogP contribution in [0.5, 0.6) is 11.5 Å². The van der Waals surface area contributed by atoms with Crippen LogP contribution in [-0.2, 0) is 11.3 Å². The van der Waals surface area contributed by atoms with E-state index < -0.39 is 5.97 Å². The standard InChI is InChI=1S/C19H15Cl3O4/c1-3-7-25-19(23)13-9-16(22)18(17(10-13)24-4-2)26-11-12-5-6-14(20)15(21)8-12/h1,5-6,8-10H,4,7,11H2,2H3. The summed E-state index contributed by atoms with van der Waals surface area (Å²) in [5.74, 6) is 2.27. The van der Waals surface area contributed by atoms with Crippen LogP contribution in [-0.4, -0.2) is 19.2 Å². The van der Waals surface area contributed by atoms with E-state index in [0.29, 0.717) is 28.2 Å². The Morgan fingerprint density at radius 1 is 1.08 bits per heavy atom. The van der Waals surface area contributed by atoms with Crippen molar-refractivity contribution >= 4 is 40.8 Å². The van der Waals surface area contributed by atoms with Gasteiger partial charge in [-0.15, -0.1) is 6.42 Å². The number of benzene rings is 2. The Hall–Kier alpha value is -2.06. The van der Waals surface area contributed by atoms with Crippen molar-refractivity contribution in [2.45, 2.75) is 13.5 Å². The maximum absolute atomic E-state index is 12.0. The van der Waals surface area contributed by atoms with Crippen LogP contribution in [0.15, 0.2) is 30.3 Å².